The van der Waals surface area contributed by atoms with Crippen molar-refractivity contribution in [3.63, 3.8) is 0 Å². The van der Waals surface area contributed by atoms with Crippen molar-refractivity contribution < 1.29 is 4.74 Å². The summed E-state index contributed by atoms with van der Waals surface area (Å²) in [6.45, 7) is 0. The van der Waals surface area contributed by atoms with E-state index in [9.17, 15) is 4.79 Å². The smallest absolute Gasteiger partial charge is 0.257 e. The van der Waals surface area contributed by atoms with Crippen LogP contribution in [0.3, 0.4) is 0 Å². The Morgan fingerprint density at radius 2 is 1.75 bits per heavy atom. The monoisotopic (exact) mass is 367 g/mol. The highest BCUT2D eigenvalue weighted by Crippen LogP contribution is 2.31. The molecule has 0 bridgehead atoms. The summed E-state index contributed by atoms with van der Waals surface area (Å²) in [5.74, 6) is 1.33. The van der Waals surface area contributed by atoms with Gasteiger partial charge in [-0.15, -0.1) is 0 Å². The summed E-state index contributed by atoms with van der Waals surface area (Å²) < 4.78 is 7.10. The Morgan fingerprint density at radius 1 is 0.929 bits per heavy atom. The fourth-order valence-electron chi connectivity index (χ4n) is 3.56. The first-order valence-electron chi connectivity index (χ1n) is 8.99. The van der Waals surface area contributed by atoms with Crippen LogP contribution in [0.15, 0.2) is 83.7 Å². The molecule has 0 fully saturated rings. The van der Waals surface area contributed by atoms with Gasteiger partial charge in [-0.1, -0.05) is 36.4 Å². The number of hydrogen-bond acceptors (Lipinski definition) is 3. The molecule has 0 radical (unpaired) electrons. The van der Waals surface area contributed by atoms with Crippen LogP contribution in [0, 0.1) is 0 Å². The molecule has 5 rings (SSSR count). The van der Waals surface area contributed by atoms with Crippen molar-refractivity contribution in [1.82, 2.24) is 14.5 Å². The molecule has 0 amide bonds. The Morgan fingerprint density at radius 3 is 2.61 bits per heavy atom. The van der Waals surface area contributed by atoms with Crippen LogP contribution >= 0.6 is 0 Å². The first-order valence-corrected chi connectivity index (χ1v) is 8.99. The summed E-state index contributed by atoms with van der Waals surface area (Å²) in [5.41, 5.74) is 4.43. The van der Waals surface area contributed by atoms with Crippen LogP contribution in [-0.2, 0) is 0 Å². The number of nitrogens with zero attached hydrogens (tertiary/aromatic N) is 2. The Labute approximate surface area is 160 Å². The summed E-state index contributed by atoms with van der Waals surface area (Å²) in [5, 5.41) is 0.948. The lowest BCUT2D eigenvalue weighted by atomic mass is 10.0. The Hall–Kier alpha value is -3.86. The van der Waals surface area contributed by atoms with Gasteiger partial charge in [-0.3, -0.25) is 4.79 Å². The lowest BCUT2D eigenvalue weighted by Crippen LogP contribution is -2.18. The molecule has 0 aliphatic carbocycles. The van der Waals surface area contributed by atoms with Crippen LogP contribution in [0.4, 0.5) is 0 Å². The lowest BCUT2D eigenvalue weighted by molar-refractivity contribution is 0.416. The second-order valence-corrected chi connectivity index (χ2v) is 6.56. The van der Waals surface area contributed by atoms with Crippen molar-refractivity contribution >= 4 is 21.9 Å². The molecule has 0 saturated carbocycles. The largest absolute Gasteiger partial charge is 0.496 e. The predicted molar refractivity (Wildman–Crippen MR) is 111 cm³/mol. The molecule has 0 aliphatic rings. The maximum atomic E-state index is 12.6. The van der Waals surface area contributed by atoms with Gasteiger partial charge in [0.1, 0.15) is 5.75 Å². The van der Waals surface area contributed by atoms with Crippen LogP contribution in [-0.4, -0.2) is 21.6 Å². The molecule has 3 aromatic carbocycles. The third-order valence-electron chi connectivity index (χ3n) is 4.90. The average Bonchev–Trinajstić information content (AvgIpc) is 3.17. The average molecular weight is 367 g/mol. The number of fused-ring (bicyclic) bond motifs is 2. The van der Waals surface area contributed by atoms with Crippen LogP contribution in [0.25, 0.3) is 39.0 Å². The summed E-state index contributed by atoms with van der Waals surface area (Å²) in [6.07, 6.45) is 0. The van der Waals surface area contributed by atoms with E-state index < -0.39 is 0 Å². The molecule has 5 nitrogen and oxygen atoms in total. The maximum absolute atomic E-state index is 12.6. The van der Waals surface area contributed by atoms with E-state index in [2.05, 4.69) is 16.0 Å². The van der Waals surface area contributed by atoms with Crippen LogP contribution in [0.1, 0.15) is 0 Å². The number of para-hydroxylation sites is 3. The zero-order valence-corrected chi connectivity index (χ0v) is 15.2. The molecule has 0 atom stereocenters. The summed E-state index contributed by atoms with van der Waals surface area (Å²) in [4.78, 5) is 20.5. The highest BCUT2D eigenvalue weighted by atomic mass is 16.5. The van der Waals surface area contributed by atoms with E-state index in [0.717, 1.165) is 38.8 Å². The minimum Gasteiger partial charge on any atom is -0.496 e. The molecule has 1 N–H and O–H groups in total. The van der Waals surface area contributed by atoms with Gasteiger partial charge >= 0.3 is 0 Å². The molecule has 5 heteroatoms. The van der Waals surface area contributed by atoms with Crippen molar-refractivity contribution in [2.24, 2.45) is 0 Å². The van der Waals surface area contributed by atoms with Gasteiger partial charge in [0.25, 0.3) is 5.56 Å². The van der Waals surface area contributed by atoms with Crippen LogP contribution < -0.4 is 10.3 Å². The SMILES string of the molecule is COc1ccccc1-c1ccc2c(ccc(=O)n2-c2nc3ccccc3[nH]2)c1. The summed E-state index contributed by atoms with van der Waals surface area (Å²) in [6, 6.07) is 25.1. The molecule has 5 aromatic rings. The van der Waals surface area contributed by atoms with Gasteiger partial charge in [0.05, 0.1) is 23.7 Å². The van der Waals surface area contributed by atoms with Gasteiger partial charge in [0.15, 0.2) is 0 Å². The second kappa shape index (κ2) is 6.39. The fraction of sp³-hybridized carbons (Fsp3) is 0.0435. The molecule has 0 spiro atoms. The maximum Gasteiger partial charge on any atom is 0.257 e. The zero-order valence-electron chi connectivity index (χ0n) is 15.2. The number of aromatic amines is 1. The molecule has 136 valence electrons. The number of nitrogens with one attached hydrogen (secondary N) is 1. The number of hydrogen-bond donors (Lipinski definition) is 1. The Balaban J connectivity index is 1.73. The van der Waals surface area contributed by atoms with Gasteiger partial charge in [0.2, 0.25) is 5.95 Å². The third kappa shape index (κ3) is 2.56. The van der Waals surface area contributed by atoms with E-state index in [0.29, 0.717) is 5.95 Å². The van der Waals surface area contributed by atoms with Gasteiger partial charge in [-0.25, -0.2) is 9.55 Å². The van der Waals surface area contributed by atoms with E-state index in [1.165, 1.54) is 0 Å². The Kier molecular flexibility index (Phi) is 3.72. The number of H-pyrrole nitrogens is 1. The molecule has 0 aliphatic heterocycles. The van der Waals surface area contributed by atoms with Gasteiger partial charge in [-0.2, -0.15) is 0 Å². The van der Waals surface area contributed by atoms with Gasteiger partial charge in [0, 0.05) is 11.6 Å². The highest BCUT2D eigenvalue weighted by molar-refractivity contribution is 5.87. The van der Waals surface area contributed by atoms with E-state index in [4.69, 9.17) is 4.74 Å². The molecule has 0 saturated heterocycles. The topological polar surface area (TPSA) is 59.9 Å². The van der Waals surface area contributed by atoms with Crippen molar-refractivity contribution in [2.45, 2.75) is 0 Å². The lowest BCUT2D eigenvalue weighted by Gasteiger charge is -2.11. The number of pyridine rings is 1. The number of aromatic nitrogens is 3. The van der Waals surface area contributed by atoms with Crippen molar-refractivity contribution in [1.29, 1.82) is 0 Å². The van der Waals surface area contributed by atoms with Gasteiger partial charge < -0.3 is 9.72 Å². The number of rotatable bonds is 3. The standard InChI is InChI=1S/C23H17N3O2/c1-28-21-9-5-2-6-17(21)15-10-12-20-16(14-15)11-13-22(27)26(20)23-24-18-7-3-4-8-19(18)25-23/h2-14H,1H3,(H,24,25). The normalized spacial score (nSPS) is 11.2. The quantitative estimate of drug-likeness (QED) is 0.509. The van der Waals surface area contributed by atoms with E-state index >= 15 is 0 Å². The first kappa shape index (κ1) is 16.3. The molecule has 2 aromatic heterocycles. The number of imidazole rings is 1. The number of ether oxygens (including phenoxy) is 1. The third-order valence-corrected chi connectivity index (χ3v) is 4.90. The minimum absolute atomic E-state index is 0.128. The number of methoxy groups -OCH3 is 1. The molecular weight excluding hydrogens is 350 g/mol. The second-order valence-electron chi connectivity index (χ2n) is 6.56. The minimum atomic E-state index is -0.128. The Bertz CT molecular complexity index is 1350. The highest BCUT2D eigenvalue weighted by Gasteiger charge is 2.12. The van der Waals surface area contributed by atoms with E-state index in [1.807, 2.05) is 66.7 Å². The van der Waals surface area contributed by atoms with E-state index in [-0.39, 0.29) is 5.56 Å². The van der Waals surface area contributed by atoms with Crippen molar-refractivity contribution in [3.05, 3.63) is 89.2 Å². The molecule has 2 heterocycles. The summed E-state index contributed by atoms with van der Waals surface area (Å²) >= 11 is 0. The van der Waals surface area contributed by atoms with Crippen LogP contribution in [0.2, 0.25) is 0 Å². The molecule has 28 heavy (non-hydrogen) atoms. The molecular formula is C23H17N3O2. The van der Waals surface area contributed by atoms with Crippen molar-refractivity contribution in [3.8, 4) is 22.8 Å². The van der Waals surface area contributed by atoms with Crippen LogP contribution in [0.5, 0.6) is 5.75 Å². The fourth-order valence-corrected chi connectivity index (χ4v) is 3.56. The summed E-state index contributed by atoms with van der Waals surface area (Å²) in [7, 11) is 1.67. The van der Waals surface area contributed by atoms with Gasteiger partial charge in [-0.05, 0) is 47.3 Å². The first-order chi connectivity index (χ1) is 13.7. The number of benzene rings is 3. The predicted octanol–water partition coefficient (Wildman–Crippen LogP) is 4.54. The van der Waals surface area contributed by atoms with E-state index in [1.54, 1.807) is 17.7 Å². The zero-order chi connectivity index (χ0) is 19.1. The molecule has 0 unspecified atom stereocenters. The van der Waals surface area contributed by atoms with Crippen molar-refractivity contribution in [2.75, 3.05) is 7.11 Å².